The Morgan fingerprint density at radius 3 is 1.44 bits per heavy atom. The van der Waals surface area contributed by atoms with Gasteiger partial charge in [0.05, 0.1) is 24.0 Å². The minimum Gasteiger partial charge on any atom is -0.478 e. The van der Waals surface area contributed by atoms with Crippen LogP contribution in [0.5, 0.6) is 0 Å². The second kappa shape index (κ2) is 6.07. The van der Waals surface area contributed by atoms with E-state index in [1.165, 1.54) is 0 Å². The molecule has 0 spiro atoms. The molecule has 0 aromatic heterocycles. The van der Waals surface area contributed by atoms with Gasteiger partial charge >= 0.3 is 11.9 Å². The van der Waals surface area contributed by atoms with E-state index in [1.54, 1.807) is 41.6 Å². The largest absolute Gasteiger partial charge is 0.478 e. The Balaban J connectivity index is 3.88. The van der Waals surface area contributed by atoms with Gasteiger partial charge in [0.15, 0.2) is 0 Å². The lowest BCUT2D eigenvalue weighted by Crippen LogP contribution is -2.20. The minimum absolute atomic E-state index is 0.0396. The molecule has 0 bridgehead atoms. The van der Waals surface area contributed by atoms with E-state index in [1.807, 2.05) is 45.2 Å². The lowest BCUT2D eigenvalue weighted by Gasteiger charge is -2.21. The summed E-state index contributed by atoms with van der Waals surface area (Å²) in [7, 11) is 3.51. The first-order valence-corrected chi connectivity index (χ1v) is 7.78. The highest BCUT2D eigenvalue weighted by atomic mass is 127. The predicted octanol–water partition coefficient (Wildman–Crippen LogP) is 2.96. The van der Waals surface area contributed by atoms with Gasteiger partial charge in [0.1, 0.15) is 0 Å². The van der Waals surface area contributed by atoms with Crippen LogP contribution in [0.25, 0.3) is 0 Å². The van der Waals surface area contributed by atoms with Gasteiger partial charge in [-0.05, 0) is 67.8 Å². The molecule has 0 saturated heterocycles. The fraction of sp³-hybridized carbons (Fsp3) is 0.200. The Hall–Kier alpha value is 0.150. The Morgan fingerprint density at radius 2 is 1.22 bits per heavy atom. The Kier molecular flexibility index (Phi) is 5.46. The van der Waals surface area contributed by atoms with Crippen molar-refractivity contribution >= 4 is 85.4 Å². The highest BCUT2D eigenvalue weighted by Gasteiger charge is 2.27. The first-order valence-electron chi connectivity index (χ1n) is 4.54. The van der Waals surface area contributed by atoms with Gasteiger partial charge in [-0.3, -0.25) is 0 Å². The van der Waals surface area contributed by atoms with Gasteiger partial charge in [0.25, 0.3) is 0 Å². The molecule has 2 N–H and O–H groups in total. The molecule has 0 aliphatic carbocycles. The monoisotopic (exact) mass is 587 g/mol. The summed E-state index contributed by atoms with van der Waals surface area (Å²) in [6.45, 7) is 0. The molecule has 0 aliphatic heterocycles. The van der Waals surface area contributed by atoms with Crippen molar-refractivity contribution < 1.29 is 19.8 Å². The summed E-state index contributed by atoms with van der Waals surface area (Å²) in [5.41, 5.74) is 0.696. The number of halogens is 3. The Bertz CT molecular complexity index is 501. The SMILES string of the molecule is CN(C)c1c(I)c(C(=O)O)c(I)c(C(=O)O)c1I. The average molecular weight is 587 g/mol. The van der Waals surface area contributed by atoms with Gasteiger partial charge < -0.3 is 15.1 Å². The molecule has 18 heavy (non-hydrogen) atoms. The number of benzene rings is 1. The van der Waals surface area contributed by atoms with Gasteiger partial charge in [0.2, 0.25) is 0 Å². The first-order chi connectivity index (χ1) is 8.20. The number of carboxylic acids is 2. The van der Waals surface area contributed by atoms with Crippen LogP contribution in [-0.2, 0) is 0 Å². The van der Waals surface area contributed by atoms with Crippen molar-refractivity contribution in [2.75, 3.05) is 19.0 Å². The summed E-state index contributed by atoms with van der Waals surface area (Å²) in [5, 5.41) is 18.5. The fourth-order valence-corrected chi connectivity index (χ4v) is 6.47. The summed E-state index contributed by atoms with van der Waals surface area (Å²) in [6, 6.07) is 0. The zero-order chi connectivity index (χ0) is 14.2. The van der Waals surface area contributed by atoms with Gasteiger partial charge in [-0.15, -0.1) is 0 Å². The maximum absolute atomic E-state index is 11.3. The second-order valence-corrected chi connectivity index (χ2v) is 6.78. The van der Waals surface area contributed by atoms with Crippen molar-refractivity contribution in [3.63, 3.8) is 0 Å². The summed E-state index contributed by atoms with van der Waals surface area (Å²) in [6.07, 6.45) is 0. The number of nitrogens with zero attached hydrogens (tertiary/aromatic N) is 1. The Labute approximate surface area is 144 Å². The summed E-state index contributed by atoms with van der Waals surface area (Å²) < 4.78 is 1.35. The molecule has 1 rings (SSSR count). The van der Waals surface area contributed by atoms with Crippen molar-refractivity contribution in [2.45, 2.75) is 0 Å². The van der Waals surface area contributed by atoms with Crippen molar-refractivity contribution in [3.05, 3.63) is 21.8 Å². The minimum atomic E-state index is -1.12. The van der Waals surface area contributed by atoms with Crippen LogP contribution >= 0.6 is 67.8 Å². The normalized spacial score (nSPS) is 10.3. The van der Waals surface area contributed by atoms with Crippen molar-refractivity contribution in [1.29, 1.82) is 0 Å². The number of carbonyl (C=O) groups is 2. The van der Waals surface area contributed by atoms with Gasteiger partial charge in [-0.25, -0.2) is 9.59 Å². The molecule has 0 heterocycles. The molecular weight excluding hydrogens is 579 g/mol. The third-order valence-electron chi connectivity index (χ3n) is 2.17. The van der Waals surface area contributed by atoms with Crippen LogP contribution in [-0.4, -0.2) is 36.2 Å². The van der Waals surface area contributed by atoms with Crippen molar-refractivity contribution in [2.24, 2.45) is 0 Å². The van der Waals surface area contributed by atoms with Crippen LogP contribution in [0, 0.1) is 10.7 Å². The van der Waals surface area contributed by atoms with E-state index in [0.29, 0.717) is 12.8 Å². The molecule has 0 saturated carbocycles. The molecule has 8 heteroatoms. The van der Waals surface area contributed by atoms with E-state index in [-0.39, 0.29) is 14.7 Å². The van der Waals surface area contributed by atoms with Crippen LogP contribution in [0.15, 0.2) is 0 Å². The highest BCUT2D eigenvalue weighted by Crippen LogP contribution is 2.36. The van der Waals surface area contributed by atoms with Gasteiger partial charge in [-0.2, -0.15) is 0 Å². The molecule has 98 valence electrons. The molecule has 0 aliphatic rings. The van der Waals surface area contributed by atoms with Crippen molar-refractivity contribution in [1.82, 2.24) is 0 Å². The molecule has 0 unspecified atom stereocenters. The zero-order valence-electron chi connectivity index (χ0n) is 9.29. The van der Waals surface area contributed by atoms with E-state index >= 15 is 0 Å². The van der Waals surface area contributed by atoms with E-state index in [4.69, 9.17) is 0 Å². The van der Waals surface area contributed by atoms with E-state index in [2.05, 4.69) is 0 Å². The fourth-order valence-electron chi connectivity index (χ4n) is 1.42. The van der Waals surface area contributed by atoms with E-state index in [9.17, 15) is 19.8 Å². The van der Waals surface area contributed by atoms with Crippen LogP contribution in [0.3, 0.4) is 0 Å². The van der Waals surface area contributed by atoms with Crippen LogP contribution in [0.2, 0.25) is 0 Å². The standard InChI is InChI=1S/C10H8I3NO4/c1-14(2)8-6(12)3(9(15)16)5(11)4(7(8)13)10(17)18/h1-2H3,(H,15,16)(H,17,18). The number of hydrogen-bond acceptors (Lipinski definition) is 3. The average Bonchev–Trinajstić information content (AvgIpc) is 2.14. The maximum atomic E-state index is 11.3. The number of hydrogen-bond donors (Lipinski definition) is 2. The third-order valence-corrected chi connectivity index (χ3v) is 5.35. The highest BCUT2D eigenvalue weighted by molar-refractivity contribution is 14.1. The van der Waals surface area contributed by atoms with Crippen molar-refractivity contribution in [3.8, 4) is 0 Å². The number of aromatic carboxylic acids is 2. The van der Waals surface area contributed by atoms with Gasteiger partial charge in [-0.1, -0.05) is 0 Å². The molecule has 0 radical (unpaired) electrons. The molecule has 1 aromatic carbocycles. The maximum Gasteiger partial charge on any atom is 0.337 e. The lowest BCUT2D eigenvalue weighted by molar-refractivity contribution is 0.0694. The summed E-state index contributed by atoms with van der Waals surface area (Å²) in [4.78, 5) is 24.3. The van der Waals surface area contributed by atoms with Crippen LogP contribution in [0.1, 0.15) is 20.7 Å². The quantitative estimate of drug-likeness (QED) is 0.533. The molecule has 0 amide bonds. The predicted molar refractivity (Wildman–Crippen MR) is 92.8 cm³/mol. The topological polar surface area (TPSA) is 77.8 Å². The van der Waals surface area contributed by atoms with E-state index in [0.717, 1.165) is 0 Å². The molecule has 5 nitrogen and oxygen atoms in total. The first kappa shape index (κ1) is 16.2. The second-order valence-electron chi connectivity index (χ2n) is 3.55. The smallest absolute Gasteiger partial charge is 0.337 e. The lowest BCUT2D eigenvalue weighted by atomic mass is 10.1. The Morgan fingerprint density at radius 1 is 0.889 bits per heavy atom. The molecule has 0 atom stereocenters. The van der Waals surface area contributed by atoms with Gasteiger partial charge in [0, 0.05) is 17.7 Å². The number of rotatable bonds is 3. The number of carboxylic acid groups (broad SMARTS) is 2. The number of anilines is 1. The third kappa shape index (κ3) is 2.84. The summed E-state index contributed by atoms with van der Waals surface area (Å²) in [5.74, 6) is -2.24. The van der Waals surface area contributed by atoms with Crippen LogP contribution < -0.4 is 4.90 Å². The summed E-state index contributed by atoms with van der Waals surface area (Å²) >= 11 is 5.65. The van der Waals surface area contributed by atoms with Crippen LogP contribution in [0.4, 0.5) is 5.69 Å². The zero-order valence-corrected chi connectivity index (χ0v) is 15.8. The van der Waals surface area contributed by atoms with E-state index < -0.39 is 11.9 Å². The molecule has 0 fully saturated rings. The molecule has 1 aromatic rings. The molecular formula is C10H8I3NO4.